The molecule has 2 heterocycles. The summed E-state index contributed by atoms with van der Waals surface area (Å²) >= 11 is 0. The molecule has 0 radical (unpaired) electrons. The average Bonchev–Trinajstić information content (AvgIpc) is 2.68. The van der Waals surface area contributed by atoms with Crippen LogP contribution in [0.4, 0.5) is 0 Å². The molecule has 0 fully saturated rings. The predicted molar refractivity (Wildman–Crippen MR) is 79.2 cm³/mol. The van der Waals surface area contributed by atoms with Crippen molar-refractivity contribution in [2.24, 2.45) is 10.8 Å². The molecule has 1 aliphatic carbocycles. The van der Waals surface area contributed by atoms with Crippen LogP contribution in [0.2, 0.25) is 0 Å². The first-order chi connectivity index (χ1) is 9.65. The summed E-state index contributed by atoms with van der Waals surface area (Å²) in [4.78, 5) is 24.1. The first-order valence-corrected chi connectivity index (χ1v) is 7.60. The van der Waals surface area contributed by atoms with Gasteiger partial charge in [0.25, 0.3) is 0 Å². The van der Waals surface area contributed by atoms with Gasteiger partial charge in [-0.2, -0.15) is 0 Å². The van der Waals surface area contributed by atoms with Crippen LogP contribution in [0.3, 0.4) is 0 Å². The molecule has 0 aromatic carbocycles. The number of hydrogen-bond donors (Lipinski definition) is 1. The second-order valence-electron chi connectivity index (χ2n) is 7.97. The van der Waals surface area contributed by atoms with Crippen LogP contribution in [-0.4, -0.2) is 17.8 Å². The van der Waals surface area contributed by atoms with E-state index in [0.29, 0.717) is 19.3 Å². The van der Waals surface area contributed by atoms with E-state index in [9.17, 15) is 9.59 Å². The van der Waals surface area contributed by atoms with Crippen molar-refractivity contribution in [3.63, 3.8) is 0 Å². The molecule has 1 atom stereocenters. The maximum absolute atomic E-state index is 12.3. The molecule has 1 unspecified atom stereocenters. The quantitative estimate of drug-likeness (QED) is 0.807. The van der Waals surface area contributed by atoms with Gasteiger partial charge in [0, 0.05) is 31.3 Å². The zero-order valence-electron chi connectivity index (χ0n) is 13.2. The van der Waals surface area contributed by atoms with Crippen molar-refractivity contribution in [2.45, 2.75) is 59.5 Å². The fourth-order valence-corrected chi connectivity index (χ4v) is 3.51. The van der Waals surface area contributed by atoms with Crippen LogP contribution in [0.15, 0.2) is 23.1 Å². The predicted octanol–water partition coefficient (Wildman–Crippen LogP) is 2.85. The van der Waals surface area contributed by atoms with Crippen molar-refractivity contribution in [1.29, 1.82) is 0 Å². The number of Topliss-reactive ketones (excluding diaryl/α,β-unsaturated/α-hetero) is 1. The molecule has 0 saturated carbocycles. The van der Waals surface area contributed by atoms with Crippen molar-refractivity contribution in [1.82, 2.24) is 5.32 Å². The molecule has 4 nitrogen and oxygen atoms in total. The highest BCUT2D eigenvalue weighted by Gasteiger charge is 2.41. The smallest absolute Gasteiger partial charge is 0.225 e. The van der Waals surface area contributed by atoms with Crippen LogP contribution in [-0.2, 0) is 14.3 Å². The molecule has 4 heteroatoms. The number of nitrogens with one attached hydrogen (secondary N) is 1. The number of allylic oxidation sites excluding steroid dienone is 2. The molecule has 1 N–H and O–H groups in total. The first kappa shape index (κ1) is 14.4. The number of hydrogen-bond acceptors (Lipinski definition) is 3. The van der Waals surface area contributed by atoms with Crippen LogP contribution in [0.5, 0.6) is 0 Å². The Morgan fingerprint density at radius 2 is 1.86 bits per heavy atom. The number of rotatable bonds is 1. The van der Waals surface area contributed by atoms with Crippen molar-refractivity contribution < 1.29 is 14.3 Å². The van der Waals surface area contributed by atoms with Crippen LogP contribution in [0.1, 0.15) is 53.4 Å². The van der Waals surface area contributed by atoms with Gasteiger partial charge in [-0.1, -0.05) is 33.8 Å². The topological polar surface area (TPSA) is 55.4 Å². The van der Waals surface area contributed by atoms with E-state index in [1.807, 2.05) is 13.8 Å². The van der Waals surface area contributed by atoms with Crippen molar-refractivity contribution in [2.75, 3.05) is 0 Å². The number of amides is 1. The molecule has 0 aromatic rings. The lowest BCUT2D eigenvalue weighted by molar-refractivity contribution is -0.123. The van der Waals surface area contributed by atoms with Crippen molar-refractivity contribution in [3.05, 3.63) is 23.1 Å². The van der Waals surface area contributed by atoms with Gasteiger partial charge in [0.2, 0.25) is 5.91 Å². The Bertz CT molecular complexity index is 581. The third-order valence-corrected chi connectivity index (χ3v) is 4.42. The summed E-state index contributed by atoms with van der Waals surface area (Å²) in [5.41, 5.74) is 1.45. The number of ketones is 1. The summed E-state index contributed by atoms with van der Waals surface area (Å²) in [7, 11) is 0. The van der Waals surface area contributed by atoms with Gasteiger partial charge in [-0.05, 0) is 10.8 Å². The largest absolute Gasteiger partial charge is 0.488 e. The zero-order valence-corrected chi connectivity index (χ0v) is 13.2. The standard InChI is InChI=1S/C17H23NO3/c1-16(2)6-11(18-15(20)9-16)13-5-10-12(19)7-17(3,4)8-14(10)21-13/h6,13H,5,7-9H2,1-4H3,(H,18,20). The molecule has 2 aliphatic heterocycles. The Hall–Kier alpha value is -1.58. The van der Waals surface area contributed by atoms with Gasteiger partial charge >= 0.3 is 0 Å². The number of ether oxygens (including phenoxy) is 1. The van der Waals surface area contributed by atoms with E-state index >= 15 is 0 Å². The Labute approximate surface area is 125 Å². The van der Waals surface area contributed by atoms with Crippen LogP contribution >= 0.6 is 0 Å². The Balaban J connectivity index is 1.82. The van der Waals surface area contributed by atoms with E-state index in [4.69, 9.17) is 4.74 Å². The van der Waals surface area contributed by atoms with Gasteiger partial charge in [0.15, 0.2) is 5.78 Å². The van der Waals surface area contributed by atoms with Crippen LogP contribution < -0.4 is 5.32 Å². The fourth-order valence-electron chi connectivity index (χ4n) is 3.51. The molecule has 3 aliphatic rings. The number of carbonyl (C=O) groups excluding carboxylic acids is 2. The maximum atomic E-state index is 12.3. The van der Waals surface area contributed by atoms with Gasteiger partial charge in [0.1, 0.15) is 11.9 Å². The van der Waals surface area contributed by atoms with E-state index in [1.54, 1.807) is 0 Å². The highest BCUT2D eigenvalue weighted by atomic mass is 16.5. The van der Waals surface area contributed by atoms with E-state index in [-0.39, 0.29) is 28.6 Å². The molecular weight excluding hydrogens is 266 g/mol. The van der Waals surface area contributed by atoms with Gasteiger partial charge in [-0.25, -0.2) is 0 Å². The molecule has 21 heavy (non-hydrogen) atoms. The monoisotopic (exact) mass is 289 g/mol. The summed E-state index contributed by atoms with van der Waals surface area (Å²) in [5.74, 6) is 1.06. The van der Waals surface area contributed by atoms with Crippen LogP contribution in [0, 0.1) is 10.8 Å². The minimum absolute atomic E-state index is 0.0256. The van der Waals surface area contributed by atoms with Crippen molar-refractivity contribution in [3.8, 4) is 0 Å². The van der Waals surface area contributed by atoms with E-state index in [1.165, 1.54) is 0 Å². The molecule has 0 aromatic heterocycles. The van der Waals surface area contributed by atoms with E-state index in [2.05, 4.69) is 25.2 Å². The minimum Gasteiger partial charge on any atom is -0.488 e. The second-order valence-corrected chi connectivity index (χ2v) is 7.97. The van der Waals surface area contributed by atoms with Crippen LogP contribution in [0.25, 0.3) is 0 Å². The lowest BCUT2D eigenvalue weighted by atomic mass is 9.76. The fraction of sp³-hybridized carbons (Fsp3) is 0.647. The Morgan fingerprint density at radius 1 is 1.14 bits per heavy atom. The van der Waals surface area contributed by atoms with Crippen molar-refractivity contribution >= 4 is 11.7 Å². The normalized spacial score (nSPS) is 30.5. The number of carbonyl (C=O) groups is 2. The van der Waals surface area contributed by atoms with E-state index < -0.39 is 0 Å². The maximum Gasteiger partial charge on any atom is 0.225 e. The van der Waals surface area contributed by atoms with E-state index in [0.717, 1.165) is 23.5 Å². The highest BCUT2D eigenvalue weighted by molar-refractivity contribution is 5.97. The minimum atomic E-state index is -0.212. The van der Waals surface area contributed by atoms with Gasteiger partial charge in [-0.3, -0.25) is 9.59 Å². The Morgan fingerprint density at radius 3 is 2.52 bits per heavy atom. The summed E-state index contributed by atoms with van der Waals surface area (Å²) in [6, 6.07) is 0. The Kier molecular flexibility index (Phi) is 3.05. The first-order valence-electron chi connectivity index (χ1n) is 7.60. The van der Waals surface area contributed by atoms with Gasteiger partial charge in [0.05, 0.1) is 5.70 Å². The summed E-state index contributed by atoms with van der Waals surface area (Å²) < 4.78 is 6.03. The summed E-state index contributed by atoms with van der Waals surface area (Å²) in [6.07, 6.45) is 4.33. The van der Waals surface area contributed by atoms with Gasteiger partial charge < -0.3 is 10.1 Å². The molecule has 1 amide bonds. The third-order valence-electron chi connectivity index (χ3n) is 4.42. The molecule has 0 saturated heterocycles. The molecule has 3 rings (SSSR count). The molecular formula is C17H23NO3. The zero-order chi connectivity index (χ0) is 15.4. The highest BCUT2D eigenvalue weighted by Crippen LogP contribution is 2.44. The molecule has 0 bridgehead atoms. The molecule has 0 spiro atoms. The summed E-state index contributed by atoms with van der Waals surface area (Å²) in [5, 5.41) is 2.92. The lowest BCUT2D eigenvalue weighted by Crippen LogP contribution is -2.38. The lowest BCUT2D eigenvalue weighted by Gasteiger charge is -2.30. The molecule has 114 valence electrons. The third kappa shape index (κ3) is 2.76. The van der Waals surface area contributed by atoms with Gasteiger partial charge in [-0.15, -0.1) is 0 Å². The average molecular weight is 289 g/mol. The second kappa shape index (κ2) is 4.46. The SMILES string of the molecule is CC1(C)C=C(C2CC3=C(CC(C)(C)CC3=O)O2)NC(=O)C1. The summed E-state index contributed by atoms with van der Waals surface area (Å²) in [6.45, 7) is 8.27.